The molecule has 3 aromatic rings. The minimum absolute atomic E-state index is 0.0900. The number of aryl methyl sites for hydroxylation is 1. The van der Waals surface area contributed by atoms with Crippen molar-refractivity contribution in [2.45, 2.75) is 13.5 Å². The van der Waals surface area contributed by atoms with E-state index in [0.29, 0.717) is 6.54 Å². The highest BCUT2D eigenvalue weighted by Gasteiger charge is 2.09. The minimum atomic E-state index is -0.413. The van der Waals surface area contributed by atoms with E-state index in [-0.39, 0.29) is 5.56 Å². The summed E-state index contributed by atoms with van der Waals surface area (Å²) in [7, 11) is 0. The van der Waals surface area contributed by atoms with E-state index in [9.17, 15) is 9.59 Å². The van der Waals surface area contributed by atoms with Crippen molar-refractivity contribution in [2.24, 2.45) is 0 Å². The van der Waals surface area contributed by atoms with Gasteiger partial charge in [-0.2, -0.15) is 0 Å². The predicted molar refractivity (Wildman–Crippen MR) is 84.3 cm³/mol. The summed E-state index contributed by atoms with van der Waals surface area (Å²) in [5.74, 6) is 1.14. The first-order valence-electron chi connectivity index (χ1n) is 7.06. The van der Waals surface area contributed by atoms with Crippen LogP contribution in [0.1, 0.15) is 21.7 Å². The largest absolute Gasteiger partial charge is 0.348 e. The Bertz CT molecular complexity index is 897. The molecule has 0 unspecified atom stereocenters. The fourth-order valence-corrected chi connectivity index (χ4v) is 2.20. The number of imidazole rings is 1. The lowest BCUT2D eigenvalue weighted by molar-refractivity contribution is 0.0949. The lowest BCUT2D eigenvalue weighted by atomic mass is 10.2. The van der Waals surface area contributed by atoms with Crippen molar-refractivity contribution in [2.75, 3.05) is 0 Å². The van der Waals surface area contributed by atoms with E-state index in [2.05, 4.69) is 20.3 Å². The molecule has 0 spiro atoms. The minimum Gasteiger partial charge on any atom is -0.348 e. The number of aromatic nitrogens is 4. The molecule has 23 heavy (non-hydrogen) atoms. The average molecular weight is 309 g/mol. The number of nitrogens with one attached hydrogen (secondary N) is 2. The van der Waals surface area contributed by atoms with Crippen LogP contribution in [0.25, 0.3) is 5.82 Å². The van der Waals surface area contributed by atoms with Crippen molar-refractivity contribution in [1.82, 2.24) is 24.8 Å². The quantitative estimate of drug-likeness (QED) is 0.757. The second-order valence-electron chi connectivity index (χ2n) is 4.96. The normalized spacial score (nSPS) is 10.5. The van der Waals surface area contributed by atoms with Gasteiger partial charge < -0.3 is 10.3 Å². The third-order valence-corrected chi connectivity index (χ3v) is 3.40. The molecule has 0 radical (unpaired) electrons. The molecule has 3 rings (SSSR count). The molecule has 7 heteroatoms. The number of hydrogen-bond acceptors (Lipinski definition) is 4. The van der Waals surface area contributed by atoms with Crippen LogP contribution in [0.15, 0.2) is 53.8 Å². The zero-order chi connectivity index (χ0) is 16.2. The Morgan fingerprint density at radius 2 is 2.17 bits per heavy atom. The second kappa shape index (κ2) is 6.27. The smallest absolute Gasteiger partial charge is 0.260 e. The summed E-state index contributed by atoms with van der Waals surface area (Å²) in [6.07, 6.45) is 6.68. The first kappa shape index (κ1) is 14.7. The summed E-state index contributed by atoms with van der Waals surface area (Å²) < 4.78 is 1.85. The highest BCUT2D eigenvalue weighted by Crippen LogP contribution is 2.09. The number of carbonyl (C=O) groups is 1. The molecule has 116 valence electrons. The van der Waals surface area contributed by atoms with Crippen LogP contribution in [-0.4, -0.2) is 25.4 Å². The Morgan fingerprint density at radius 1 is 1.30 bits per heavy atom. The molecule has 0 bridgehead atoms. The topological polar surface area (TPSA) is 92.7 Å². The van der Waals surface area contributed by atoms with Crippen molar-refractivity contribution < 1.29 is 4.79 Å². The third-order valence-electron chi connectivity index (χ3n) is 3.40. The summed E-state index contributed by atoms with van der Waals surface area (Å²) in [5, 5.41) is 2.73. The van der Waals surface area contributed by atoms with Crippen LogP contribution >= 0.6 is 0 Å². The van der Waals surface area contributed by atoms with Gasteiger partial charge in [0.2, 0.25) is 0 Å². The fraction of sp³-hybridized carbons (Fsp3) is 0.125. The summed E-state index contributed by atoms with van der Waals surface area (Å²) in [6.45, 7) is 2.19. The van der Waals surface area contributed by atoms with Crippen LogP contribution in [0.4, 0.5) is 0 Å². The predicted octanol–water partition coefficient (Wildman–Crippen LogP) is 1.19. The van der Waals surface area contributed by atoms with Gasteiger partial charge in [-0.15, -0.1) is 0 Å². The molecule has 7 nitrogen and oxygen atoms in total. The molecule has 3 aromatic heterocycles. The molecule has 0 saturated carbocycles. The fourth-order valence-electron chi connectivity index (χ4n) is 2.20. The van der Waals surface area contributed by atoms with E-state index >= 15 is 0 Å². The second-order valence-corrected chi connectivity index (χ2v) is 4.96. The van der Waals surface area contributed by atoms with Gasteiger partial charge in [-0.1, -0.05) is 0 Å². The molecule has 0 aromatic carbocycles. The SMILES string of the molecule is Cc1nccn1-c1cc(CNC(=O)c2ccc[nH]c2=O)ccn1. The van der Waals surface area contributed by atoms with Gasteiger partial charge in [0, 0.05) is 31.3 Å². The first-order chi connectivity index (χ1) is 11.1. The molecule has 0 atom stereocenters. The molecular weight excluding hydrogens is 294 g/mol. The number of carbonyl (C=O) groups excluding carboxylic acids is 1. The van der Waals surface area contributed by atoms with E-state index in [1.165, 1.54) is 12.3 Å². The average Bonchev–Trinajstić information content (AvgIpc) is 2.99. The van der Waals surface area contributed by atoms with Crippen LogP contribution in [0.3, 0.4) is 0 Å². The van der Waals surface area contributed by atoms with E-state index in [4.69, 9.17) is 0 Å². The summed E-state index contributed by atoms with van der Waals surface area (Å²) in [4.78, 5) is 34.6. The maximum atomic E-state index is 12.0. The number of aromatic amines is 1. The number of pyridine rings is 2. The Labute approximate surface area is 132 Å². The Hall–Kier alpha value is -3.22. The number of H-pyrrole nitrogens is 1. The zero-order valence-electron chi connectivity index (χ0n) is 12.5. The van der Waals surface area contributed by atoms with Gasteiger partial charge in [0.05, 0.1) is 0 Å². The van der Waals surface area contributed by atoms with Gasteiger partial charge in [0.15, 0.2) is 0 Å². The number of nitrogens with zero attached hydrogens (tertiary/aromatic N) is 3. The number of hydrogen-bond donors (Lipinski definition) is 2. The maximum absolute atomic E-state index is 12.0. The Balaban J connectivity index is 1.74. The van der Waals surface area contributed by atoms with Gasteiger partial charge >= 0.3 is 0 Å². The van der Waals surface area contributed by atoms with Crippen molar-refractivity contribution in [3.63, 3.8) is 0 Å². The summed E-state index contributed by atoms with van der Waals surface area (Å²) in [6, 6.07) is 6.78. The monoisotopic (exact) mass is 309 g/mol. The molecule has 0 fully saturated rings. The van der Waals surface area contributed by atoms with Crippen molar-refractivity contribution in [3.8, 4) is 5.82 Å². The van der Waals surface area contributed by atoms with E-state index in [1.54, 1.807) is 18.5 Å². The Kier molecular flexibility index (Phi) is 4.01. The van der Waals surface area contributed by atoms with Crippen molar-refractivity contribution >= 4 is 5.91 Å². The van der Waals surface area contributed by atoms with E-state index in [0.717, 1.165) is 17.2 Å². The van der Waals surface area contributed by atoms with Crippen molar-refractivity contribution in [1.29, 1.82) is 0 Å². The van der Waals surface area contributed by atoms with Gasteiger partial charge in [-0.3, -0.25) is 14.2 Å². The standard InChI is InChI=1S/C16H15N5O2/c1-11-17-7-8-21(11)14-9-12(4-6-18-14)10-20-16(23)13-3-2-5-19-15(13)22/h2-9H,10H2,1H3,(H,19,22)(H,20,23). The maximum Gasteiger partial charge on any atom is 0.260 e. The molecule has 0 saturated heterocycles. The number of rotatable bonds is 4. The first-order valence-corrected chi connectivity index (χ1v) is 7.06. The molecule has 2 N–H and O–H groups in total. The third kappa shape index (κ3) is 3.18. The van der Waals surface area contributed by atoms with Gasteiger partial charge in [-0.25, -0.2) is 9.97 Å². The van der Waals surface area contributed by atoms with E-state index < -0.39 is 11.5 Å². The Morgan fingerprint density at radius 3 is 2.91 bits per heavy atom. The zero-order valence-corrected chi connectivity index (χ0v) is 12.5. The lowest BCUT2D eigenvalue weighted by Gasteiger charge is -2.08. The van der Waals surface area contributed by atoms with Crippen LogP contribution in [0, 0.1) is 6.92 Å². The molecular formula is C16H15N5O2. The van der Waals surface area contributed by atoms with Crippen LogP contribution < -0.4 is 10.9 Å². The van der Waals surface area contributed by atoms with Crippen LogP contribution in [0.5, 0.6) is 0 Å². The molecule has 0 aliphatic heterocycles. The van der Waals surface area contributed by atoms with Gasteiger partial charge in [-0.05, 0) is 36.8 Å². The summed E-state index contributed by atoms with van der Waals surface area (Å²) >= 11 is 0. The number of amides is 1. The molecule has 1 amide bonds. The molecule has 0 aliphatic rings. The van der Waals surface area contributed by atoms with Crippen LogP contribution in [-0.2, 0) is 6.54 Å². The van der Waals surface area contributed by atoms with Crippen molar-refractivity contribution in [3.05, 3.63) is 76.4 Å². The highest BCUT2D eigenvalue weighted by atomic mass is 16.2. The molecule has 0 aliphatic carbocycles. The van der Waals surface area contributed by atoms with Crippen LogP contribution in [0.2, 0.25) is 0 Å². The van der Waals surface area contributed by atoms with Gasteiger partial charge in [0.25, 0.3) is 11.5 Å². The summed E-state index contributed by atoms with van der Waals surface area (Å²) in [5.41, 5.74) is 0.561. The van der Waals surface area contributed by atoms with Gasteiger partial charge in [0.1, 0.15) is 17.2 Å². The molecule has 3 heterocycles. The van der Waals surface area contributed by atoms with E-state index in [1.807, 2.05) is 29.8 Å². The highest BCUT2D eigenvalue weighted by molar-refractivity contribution is 5.93. The lowest BCUT2D eigenvalue weighted by Crippen LogP contribution is -2.28.